The molecular formula is C14H20BrNO5. The smallest absolute Gasteiger partial charge is 0.257 e. The molecule has 6 nitrogen and oxygen atoms in total. The SMILES string of the molecule is COCCN(CCO)C(=O)c1cc(OC)cc(Br)c1OC. The molecule has 7 heteroatoms. The van der Waals surface area contributed by atoms with E-state index in [4.69, 9.17) is 19.3 Å². The number of benzene rings is 1. The van der Waals surface area contributed by atoms with Crippen molar-refractivity contribution in [1.82, 2.24) is 4.90 Å². The Bertz CT molecular complexity index is 481. The van der Waals surface area contributed by atoms with Crippen LogP contribution in [0.5, 0.6) is 11.5 Å². The molecule has 1 amide bonds. The first-order chi connectivity index (χ1) is 10.1. The number of halogens is 1. The lowest BCUT2D eigenvalue weighted by atomic mass is 10.1. The van der Waals surface area contributed by atoms with Crippen LogP contribution in [0.15, 0.2) is 16.6 Å². The van der Waals surface area contributed by atoms with Crippen LogP contribution in [0.3, 0.4) is 0 Å². The summed E-state index contributed by atoms with van der Waals surface area (Å²) in [4.78, 5) is 14.2. The molecule has 0 aliphatic rings. The van der Waals surface area contributed by atoms with Gasteiger partial charge in [-0.15, -0.1) is 0 Å². The van der Waals surface area contributed by atoms with Gasteiger partial charge in [0.25, 0.3) is 5.91 Å². The molecule has 0 radical (unpaired) electrons. The summed E-state index contributed by atoms with van der Waals surface area (Å²) in [6.07, 6.45) is 0. The number of methoxy groups -OCH3 is 3. The minimum absolute atomic E-state index is 0.122. The molecule has 0 aliphatic carbocycles. The lowest BCUT2D eigenvalue weighted by Gasteiger charge is -2.23. The van der Waals surface area contributed by atoms with Gasteiger partial charge in [-0.1, -0.05) is 0 Å². The number of amides is 1. The van der Waals surface area contributed by atoms with E-state index in [0.717, 1.165) is 0 Å². The minimum atomic E-state index is -0.252. The predicted molar refractivity (Wildman–Crippen MR) is 82.1 cm³/mol. The first-order valence-electron chi connectivity index (χ1n) is 6.39. The Morgan fingerprint density at radius 1 is 1.24 bits per heavy atom. The summed E-state index contributed by atoms with van der Waals surface area (Å²) in [5, 5.41) is 9.11. The van der Waals surface area contributed by atoms with Crippen LogP contribution in [0, 0.1) is 0 Å². The average Bonchev–Trinajstić information content (AvgIpc) is 2.49. The van der Waals surface area contributed by atoms with Crippen molar-refractivity contribution in [1.29, 1.82) is 0 Å². The third kappa shape index (κ3) is 4.59. The van der Waals surface area contributed by atoms with Gasteiger partial charge in [0.15, 0.2) is 0 Å². The third-order valence-electron chi connectivity index (χ3n) is 2.91. The Balaban J connectivity index is 3.15. The van der Waals surface area contributed by atoms with Crippen LogP contribution >= 0.6 is 15.9 Å². The highest BCUT2D eigenvalue weighted by atomic mass is 79.9. The first-order valence-corrected chi connectivity index (χ1v) is 7.18. The molecular weight excluding hydrogens is 342 g/mol. The van der Waals surface area contributed by atoms with Gasteiger partial charge in [-0.3, -0.25) is 4.79 Å². The summed E-state index contributed by atoms with van der Waals surface area (Å²) in [5.74, 6) is 0.723. The van der Waals surface area contributed by atoms with Gasteiger partial charge in [-0.05, 0) is 28.1 Å². The fraction of sp³-hybridized carbons (Fsp3) is 0.500. The number of ether oxygens (including phenoxy) is 3. The number of carbonyl (C=O) groups excluding carboxylic acids is 1. The standard InChI is InChI=1S/C14H20BrNO5/c1-19-7-5-16(4-6-17)14(18)11-8-10(20-2)9-12(15)13(11)21-3/h8-9,17H,4-7H2,1-3H3. The molecule has 0 saturated heterocycles. The summed E-state index contributed by atoms with van der Waals surface area (Å²) in [5.41, 5.74) is 0.369. The van der Waals surface area contributed by atoms with Crippen LogP contribution in [-0.4, -0.2) is 63.5 Å². The molecule has 0 fully saturated rings. The fourth-order valence-electron chi connectivity index (χ4n) is 1.86. The van der Waals surface area contributed by atoms with Crippen molar-refractivity contribution in [3.05, 3.63) is 22.2 Å². The summed E-state index contributed by atoms with van der Waals surface area (Å²) < 4.78 is 16.1. The van der Waals surface area contributed by atoms with Gasteiger partial charge < -0.3 is 24.2 Å². The van der Waals surface area contributed by atoms with Crippen LogP contribution in [0.4, 0.5) is 0 Å². The number of hydrogen-bond acceptors (Lipinski definition) is 5. The van der Waals surface area contributed by atoms with Crippen molar-refractivity contribution in [2.45, 2.75) is 0 Å². The zero-order chi connectivity index (χ0) is 15.8. The second-order valence-corrected chi connectivity index (χ2v) is 5.05. The topological polar surface area (TPSA) is 68.2 Å². The normalized spacial score (nSPS) is 10.3. The van der Waals surface area contributed by atoms with E-state index in [1.165, 1.54) is 19.1 Å². The lowest BCUT2D eigenvalue weighted by Crippen LogP contribution is -2.36. The quantitative estimate of drug-likeness (QED) is 0.760. The number of aliphatic hydroxyl groups is 1. The molecule has 1 aromatic rings. The monoisotopic (exact) mass is 361 g/mol. The highest BCUT2D eigenvalue weighted by Crippen LogP contribution is 2.34. The third-order valence-corrected chi connectivity index (χ3v) is 3.50. The summed E-state index contributed by atoms with van der Waals surface area (Å²) in [6, 6.07) is 3.34. The van der Waals surface area contributed by atoms with Crippen LogP contribution in [0.1, 0.15) is 10.4 Å². The zero-order valence-corrected chi connectivity index (χ0v) is 14.0. The van der Waals surface area contributed by atoms with Crippen molar-refractivity contribution in [2.24, 2.45) is 0 Å². The molecule has 0 aliphatic heterocycles. The molecule has 1 rings (SSSR count). The number of aliphatic hydroxyl groups excluding tert-OH is 1. The van der Waals surface area contributed by atoms with Crippen LogP contribution in [-0.2, 0) is 4.74 Å². The molecule has 0 unspecified atom stereocenters. The van der Waals surface area contributed by atoms with E-state index in [2.05, 4.69) is 15.9 Å². The van der Waals surface area contributed by atoms with Gasteiger partial charge in [0.2, 0.25) is 0 Å². The lowest BCUT2D eigenvalue weighted by molar-refractivity contribution is 0.0653. The molecule has 21 heavy (non-hydrogen) atoms. The van der Waals surface area contributed by atoms with E-state index in [-0.39, 0.29) is 19.1 Å². The van der Waals surface area contributed by atoms with Crippen molar-refractivity contribution < 1.29 is 24.1 Å². The molecule has 0 atom stereocenters. The van der Waals surface area contributed by atoms with Gasteiger partial charge in [-0.2, -0.15) is 0 Å². The van der Waals surface area contributed by atoms with Gasteiger partial charge in [-0.25, -0.2) is 0 Å². The maximum absolute atomic E-state index is 12.6. The number of nitrogens with zero attached hydrogens (tertiary/aromatic N) is 1. The fourth-order valence-corrected chi connectivity index (χ4v) is 2.46. The summed E-state index contributed by atoms with van der Waals surface area (Å²) in [6.45, 7) is 0.871. The number of hydrogen-bond donors (Lipinski definition) is 1. The van der Waals surface area contributed by atoms with Gasteiger partial charge in [0.1, 0.15) is 11.5 Å². The Morgan fingerprint density at radius 3 is 2.48 bits per heavy atom. The minimum Gasteiger partial charge on any atom is -0.497 e. The van der Waals surface area contributed by atoms with E-state index in [9.17, 15) is 4.79 Å². The predicted octanol–water partition coefficient (Wildman–Crippen LogP) is 1.55. The second-order valence-electron chi connectivity index (χ2n) is 4.20. The van der Waals surface area contributed by atoms with Gasteiger partial charge >= 0.3 is 0 Å². The highest BCUT2D eigenvalue weighted by molar-refractivity contribution is 9.10. The van der Waals surface area contributed by atoms with Gasteiger partial charge in [0.05, 0.1) is 37.5 Å². The van der Waals surface area contributed by atoms with E-state index in [1.807, 2.05) is 0 Å². The molecule has 1 aromatic carbocycles. The molecule has 0 bridgehead atoms. The Hall–Kier alpha value is -1.31. The van der Waals surface area contributed by atoms with E-state index in [1.54, 1.807) is 19.2 Å². The molecule has 118 valence electrons. The maximum atomic E-state index is 12.6. The Kier molecular flexibility index (Phi) is 7.49. The summed E-state index contributed by atoms with van der Waals surface area (Å²) in [7, 11) is 4.58. The Morgan fingerprint density at radius 2 is 1.95 bits per heavy atom. The summed E-state index contributed by atoms with van der Waals surface area (Å²) >= 11 is 3.36. The van der Waals surface area contributed by atoms with E-state index >= 15 is 0 Å². The van der Waals surface area contributed by atoms with Crippen molar-refractivity contribution in [3.8, 4) is 11.5 Å². The first kappa shape index (κ1) is 17.7. The molecule has 0 aromatic heterocycles. The second kappa shape index (κ2) is 8.86. The van der Waals surface area contributed by atoms with Crippen LogP contribution in [0.25, 0.3) is 0 Å². The zero-order valence-electron chi connectivity index (χ0n) is 12.4. The highest BCUT2D eigenvalue weighted by Gasteiger charge is 2.22. The van der Waals surface area contributed by atoms with Gasteiger partial charge in [0, 0.05) is 20.2 Å². The average molecular weight is 362 g/mol. The molecule has 1 N–H and O–H groups in total. The van der Waals surface area contributed by atoms with Crippen molar-refractivity contribution in [2.75, 3.05) is 47.6 Å². The Labute approximate surface area is 132 Å². The molecule has 0 saturated carbocycles. The molecule has 0 heterocycles. The number of carbonyl (C=O) groups is 1. The van der Waals surface area contributed by atoms with Crippen molar-refractivity contribution >= 4 is 21.8 Å². The van der Waals surface area contributed by atoms with Crippen LogP contribution < -0.4 is 9.47 Å². The van der Waals surface area contributed by atoms with E-state index < -0.39 is 0 Å². The largest absolute Gasteiger partial charge is 0.497 e. The number of rotatable bonds is 8. The maximum Gasteiger partial charge on any atom is 0.257 e. The molecule has 0 spiro atoms. The van der Waals surface area contributed by atoms with Crippen molar-refractivity contribution in [3.63, 3.8) is 0 Å². The van der Waals surface area contributed by atoms with E-state index in [0.29, 0.717) is 34.7 Å². The van der Waals surface area contributed by atoms with Crippen LogP contribution in [0.2, 0.25) is 0 Å².